The van der Waals surface area contributed by atoms with E-state index in [2.05, 4.69) is 10.3 Å². The number of pyridine rings is 1. The molecule has 122 valence electrons. The maximum Gasteiger partial charge on any atom is 0.196 e. The SMILES string of the molecule is O=C1c2ccccc2[SH](Cl)c2c(NCCO)nc3ccccc3c21. The van der Waals surface area contributed by atoms with E-state index < -0.39 is 10.1 Å². The Morgan fingerprint density at radius 1 is 1.12 bits per heavy atom. The minimum atomic E-state index is -1.22. The fourth-order valence-corrected chi connectivity index (χ4v) is 5.53. The number of hydrogen-bond acceptors (Lipinski definition) is 4. The van der Waals surface area contributed by atoms with E-state index in [9.17, 15) is 4.79 Å². The van der Waals surface area contributed by atoms with Crippen molar-refractivity contribution in [3.05, 3.63) is 59.7 Å². The van der Waals surface area contributed by atoms with Crippen LogP contribution in [0.4, 0.5) is 5.82 Å². The molecule has 4 rings (SSSR count). The van der Waals surface area contributed by atoms with Gasteiger partial charge in [0, 0.05) is 28.0 Å². The molecular formula is C18H15ClN2O2S. The molecule has 2 N–H and O–H groups in total. The predicted molar refractivity (Wildman–Crippen MR) is 98.6 cm³/mol. The summed E-state index contributed by atoms with van der Waals surface area (Å²) >= 11 is 0. The highest BCUT2D eigenvalue weighted by Crippen LogP contribution is 2.58. The van der Waals surface area contributed by atoms with Gasteiger partial charge < -0.3 is 10.4 Å². The monoisotopic (exact) mass is 358 g/mol. The summed E-state index contributed by atoms with van der Waals surface area (Å²) in [5.74, 6) is 0.562. The van der Waals surface area contributed by atoms with Gasteiger partial charge in [0.2, 0.25) is 0 Å². The molecule has 0 radical (unpaired) electrons. The Labute approximate surface area is 146 Å². The van der Waals surface area contributed by atoms with Gasteiger partial charge in [0.25, 0.3) is 0 Å². The molecule has 1 unspecified atom stereocenters. The molecule has 0 aliphatic carbocycles. The number of carbonyl (C=O) groups excluding carboxylic acids is 1. The van der Waals surface area contributed by atoms with Crippen LogP contribution in [-0.2, 0) is 0 Å². The molecule has 1 atom stereocenters. The second-order valence-corrected chi connectivity index (χ2v) is 7.98. The number of anilines is 1. The Balaban J connectivity index is 2.05. The van der Waals surface area contributed by atoms with Crippen LogP contribution in [-0.4, -0.2) is 29.0 Å². The maximum atomic E-state index is 13.1. The van der Waals surface area contributed by atoms with Crippen molar-refractivity contribution in [3.63, 3.8) is 0 Å². The van der Waals surface area contributed by atoms with E-state index in [1.165, 1.54) is 0 Å². The zero-order valence-electron chi connectivity index (χ0n) is 12.7. The Morgan fingerprint density at radius 3 is 2.71 bits per heavy atom. The molecule has 0 bridgehead atoms. The number of hydrogen-bond donors (Lipinski definition) is 3. The summed E-state index contributed by atoms with van der Waals surface area (Å²) in [5, 5.41) is 13.1. The molecule has 6 heteroatoms. The quantitative estimate of drug-likeness (QED) is 0.624. The fourth-order valence-electron chi connectivity index (χ4n) is 3.01. The number of carbonyl (C=O) groups is 1. The maximum absolute atomic E-state index is 13.1. The van der Waals surface area contributed by atoms with E-state index in [1.54, 1.807) is 0 Å². The van der Waals surface area contributed by atoms with Crippen LogP contribution in [0.25, 0.3) is 10.9 Å². The van der Waals surface area contributed by atoms with Crippen LogP contribution in [0.3, 0.4) is 0 Å². The van der Waals surface area contributed by atoms with Crippen molar-refractivity contribution >= 4 is 43.3 Å². The van der Waals surface area contributed by atoms with Crippen LogP contribution in [0, 0.1) is 0 Å². The van der Waals surface area contributed by atoms with Crippen molar-refractivity contribution in [2.75, 3.05) is 18.5 Å². The number of benzene rings is 2. The summed E-state index contributed by atoms with van der Waals surface area (Å²) < 4.78 is 0. The van der Waals surface area contributed by atoms with Gasteiger partial charge in [-0.25, -0.2) is 4.98 Å². The number of halogens is 1. The zero-order chi connectivity index (χ0) is 16.7. The molecule has 1 aromatic heterocycles. The number of thiol groups is 1. The van der Waals surface area contributed by atoms with Crippen molar-refractivity contribution in [3.8, 4) is 0 Å². The first-order valence-electron chi connectivity index (χ1n) is 7.59. The fraction of sp³-hybridized carbons (Fsp3) is 0.111. The number of nitrogens with one attached hydrogen (secondary N) is 1. The average Bonchev–Trinajstić information content (AvgIpc) is 2.63. The smallest absolute Gasteiger partial charge is 0.196 e. The summed E-state index contributed by atoms with van der Waals surface area (Å²) in [6.45, 7) is 0.335. The lowest BCUT2D eigenvalue weighted by Crippen LogP contribution is -2.16. The minimum absolute atomic E-state index is 0.0198. The lowest BCUT2D eigenvalue weighted by molar-refractivity contribution is 0.103. The molecule has 24 heavy (non-hydrogen) atoms. The van der Waals surface area contributed by atoms with Crippen LogP contribution >= 0.6 is 20.8 Å². The Bertz CT molecular complexity index is 961. The van der Waals surface area contributed by atoms with Crippen LogP contribution in [0.2, 0.25) is 0 Å². The van der Waals surface area contributed by atoms with E-state index in [0.717, 1.165) is 20.7 Å². The summed E-state index contributed by atoms with van der Waals surface area (Å²) in [5.41, 5.74) is 2.03. The van der Waals surface area contributed by atoms with Crippen LogP contribution in [0.1, 0.15) is 15.9 Å². The summed E-state index contributed by atoms with van der Waals surface area (Å²) in [6, 6.07) is 15.1. The van der Waals surface area contributed by atoms with Crippen molar-refractivity contribution in [1.29, 1.82) is 0 Å². The number of aliphatic hydroxyl groups is 1. The van der Waals surface area contributed by atoms with E-state index in [-0.39, 0.29) is 12.4 Å². The van der Waals surface area contributed by atoms with Gasteiger partial charge in [-0.05, 0) is 18.2 Å². The summed E-state index contributed by atoms with van der Waals surface area (Å²) in [4.78, 5) is 19.4. The van der Waals surface area contributed by atoms with Gasteiger partial charge in [-0.3, -0.25) is 4.79 Å². The first-order chi connectivity index (χ1) is 11.7. The third-order valence-electron chi connectivity index (χ3n) is 4.05. The highest BCUT2D eigenvalue weighted by Gasteiger charge is 2.32. The van der Waals surface area contributed by atoms with Gasteiger partial charge in [-0.15, -0.1) is 10.1 Å². The number of rotatable bonds is 3. The van der Waals surface area contributed by atoms with Crippen LogP contribution in [0.5, 0.6) is 0 Å². The van der Waals surface area contributed by atoms with Crippen LogP contribution in [0.15, 0.2) is 58.3 Å². The second-order valence-electron chi connectivity index (χ2n) is 5.48. The molecule has 0 spiro atoms. The zero-order valence-corrected chi connectivity index (χ0v) is 14.3. The van der Waals surface area contributed by atoms with Gasteiger partial charge in [0.1, 0.15) is 5.82 Å². The Morgan fingerprint density at radius 2 is 1.88 bits per heavy atom. The lowest BCUT2D eigenvalue weighted by atomic mass is 9.98. The molecular weight excluding hydrogens is 344 g/mol. The molecule has 2 aromatic carbocycles. The van der Waals surface area contributed by atoms with Gasteiger partial charge in [0.05, 0.1) is 17.0 Å². The molecule has 4 nitrogen and oxygen atoms in total. The van der Waals surface area contributed by atoms with E-state index >= 15 is 0 Å². The summed E-state index contributed by atoms with van der Waals surface area (Å²) in [7, 11) is 5.58. The molecule has 1 aliphatic rings. The molecule has 0 fully saturated rings. The molecule has 0 saturated heterocycles. The number of ketones is 1. The third-order valence-corrected chi connectivity index (χ3v) is 6.75. The number of para-hydroxylation sites is 1. The standard InChI is InChI=1S/C18H15ClN2O2S/c19-24-14-8-4-2-6-12(14)16(23)15-11-5-1-3-7-13(11)21-18(17(15)24)20-9-10-22/h1-8,22,24H,9-10H2,(H,20,21). The van der Waals surface area contributed by atoms with E-state index in [4.69, 9.17) is 15.8 Å². The van der Waals surface area contributed by atoms with E-state index in [1.807, 2.05) is 48.5 Å². The van der Waals surface area contributed by atoms with Crippen molar-refractivity contribution in [2.45, 2.75) is 9.79 Å². The number of aliphatic hydroxyl groups excluding tert-OH is 1. The van der Waals surface area contributed by atoms with Gasteiger partial charge in [-0.2, -0.15) is 0 Å². The van der Waals surface area contributed by atoms with Gasteiger partial charge >= 0.3 is 0 Å². The van der Waals surface area contributed by atoms with E-state index in [0.29, 0.717) is 23.5 Å². The number of nitrogens with zero attached hydrogens (tertiary/aromatic N) is 1. The topological polar surface area (TPSA) is 62.2 Å². The summed E-state index contributed by atoms with van der Waals surface area (Å²) in [6.07, 6.45) is 0. The normalized spacial score (nSPS) is 17.4. The molecule has 2 heterocycles. The van der Waals surface area contributed by atoms with Crippen LogP contribution < -0.4 is 5.32 Å². The second kappa shape index (κ2) is 6.09. The number of aromatic nitrogens is 1. The Hall–Kier alpha value is -2.08. The minimum Gasteiger partial charge on any atom is -0.395 e. The first kappa shape index (κ1) is 15.4. The lowest BCUT2D eigenvalue weighted by Gasteiger charge is -2.28. The largest absolute Gasteiger partial charge is 0.395 e. The average molecular weight is 359 g/mol. The molecule has 0 saturated carbocycles. The predicted octanol–water partition coefficient (Wildman–Crippen LogP) is 3.76. The van der Waals surface area contributed by atoms with Crippen molar-refractivity contribution in [1.82, 2.24) is 4.98 Å². The third kappa shape index (κ3) is 2.28. The highest BCUT2D eigenvalue weighted by atomic mass is 35.7. The van der Waals surface area contributed by atoms with Gasteiger partial charge in [0.15, 0.2) is 5.78 Å². The van der Waals surface area contributed by atoms with Crippen molar-refractivity contribution in [2.24, 2.45) is 0 Å². The highest BCUT2D eigenvalue weighted by molar-refractivity contribution is 8.36. The number of fused-ring (bicyclic) bond motifs is 4. The molecule has 3 aromatic rings. The first-order valence-corrected chi connectivity index (χ1v) is 9.84. The van der Waals surface area contributed by atoms with Gasteiger partial charge in [-0.1, -0.05) is 41.0 Å². The Kier molecular flexibility index (Phi) is 3.92. The molecule has 1 aliphatic heterocycles. The molecule has 0 amide bonds. The van der Waals surface area contributed by atoms with Crippen molar-refractivity contribution < 1.29 is 9.90 Å².